The van der Waals surface area contributed by atoms with Gasteiger partial charge in [-0.15, -0.1) is 5.10 Å². The molecule has 0 unspecified atom stereocenters. The van der Waals surface area contributed by atoms with Crippen molar-refractivity contribution in [1.29, 1.82) is 0 Å². The summed E-state index contributed by atoms with van der Waals surface area (Å²) in [5.41, 5.74) is 4.67. The van der Waals surface area contributed by atoms with E-state index in [0.29, 0.717) is 23.3 Å². The molecule has 3 aromatic rings. The molecule has 0 bridgehead atoms. The minimum absolute atomic E-state index is 0.316. The number of fused-ring (bicyclic) bond motifs is 1. The quantitative estimate of drug-likeness (QED) is 0.807. The van der Waals surface area contributed by atoms with Crippen molar-refractivity contribution in [2.75, 3.05) is 7.11 Å². The first-order valence-corrected chi connectivity index (χ1v) is 7.33. The number of hydrogen-bond acceptors (Lipinski definition) is 4. The average Bonchev–Trinajstić information content (AvgIpc) is 2.97. The Bertz CT molecular complexity index is 850. The lowest BCUT2D eigenvalue weighted by atomic mass is 10.0. The molecule has 0 atom stereocenters. The van der Waals surface area contributed by atoms with Gasteiger partial charge in [0, 0.05) is 12.6 Å². The summed E-state index contributed by atoms with van der Waals surface area (Å²) in [6, 6.07) is 11.1. The van der Waals surface area contributed by atoms with Gasteiger partial charge in [-0.1, -0.05) is 23.4 Å². The summed E-state index contributed by atoms with van der Waals surface area (Å²) in [5.74, 6) is 0.656. The maximum absolute atomic E-state index is 12.4. The van der Waals surface area contributed by atoms with E-state index < -0.39 is 0 Å². The number of carbonyl (C=O) groups is 1. The fourth-order valence-electron chi connectivity index (χ4n) is 2.54. The van der Waals surface area contributed by atoms with Crippen molar-refractivity contribution in [2.45, 2.75) is 20.4 Å². The zero-order chi connectivity index (χ0) is 16.4. The number of amides is 1. The first kappa shape index (κ1) is 15.0. The summed E-state index contributed by atoms with van der Waals surface area (Å²) < 4.78 is 6.44. The number of nitrogens with one attached hydrogen (secondary N) is 1. The lowest BCUT2D eigenvalue weighted by molar-refractivity contribution is 0.239. The predicted octanol–water partition coefficient (Wildman–Crippen LogP) is 2.81. The van der Waals surface area contributed by atoms with Crippen LogP contribution in [0.5, 0.6) is 5.75 Å². The van der Waals surface area contributed by atoms with Crippen LogP contribution in [0.4, 0.5) is 4.79 Å². The number of aryl methyl sites for hydroxylation is 2. The Morgan fingerprint density at radius 1 is 1.22 bits per heavy atom. The lowest BCUT2D eigenvalue weighted by Crippen LogP contribution is -2.29. The Morgan fingerprint density at radius 3 is 2.65 bits per heavy atom. The number of aromatic nitrogens is 3. The van der Waals surface area contributed by atoms with Gasteiger partial charge in [0.2, 0.25) is 0 Å². The molecular weight excluding hydrogens is 292 g/mol. The predicted molar refractivity (Wildman–Crippen MR) is 87.6 cm³/mol. The number of benzene rings is 2. The molecule has 0 saturated heterocycles. The van der Waals surface area contributed by atoms with E-state index in [1.54, 1.807) is 25.3 Å². The molecule has 0 spiro atoms. The molecule has 0 aliphatic carbocycles. The standard InChI is InChI=1S/C17H18N4O2/c1-11-5-4-6-12(2)14(11)10-18-17(22)21-16-9-13(23-3)7-8-15(16)19-20-21/h4-9H,10H2,1-3H3,(H,18,22). The molecule has 2 aromatic carbocycles. The maximum atomic E-state index is 12.4. The van der Waals surface area contributed by atoms with Gasteiger partial charge in [-0.25, -0.2) is 4.79 Å². The van der Waals surface area contributed by atoms with Gasteiger partial charge in [0.05, 0.1) is 7.11 Å². The highest BCUT2D eigenvalue weighted by Gasteiger charge is 2.13. The van der Waals surface area contributed by atoms with Gasteiger partial charge in [0.15, 0.2) is 0 Å². The lowest BCUT2D eigenvalue weighted by Gasteiger charge is -2.11. The van der Waals surface area contributed by atoms with Crippen molar-refractivity contribution in [3.05, 3.63) is 53.1 Å². The molecule has 0 aliphatic heterocycles. The van der Waals surface area contributed by atoms with Crippen molar-refractivity contribution in [3.63, 3.8) is 0 Å². The number of hydrogen-bond donors (Lipinski definition) is 1. The first-order chi connectivity index (χ1) is 11.1. The molecule has 1 N–H and O–H groups in total. The van der Waals surface area contributed by atoms with Gasteiger partial charge in [0.1, 0.15) is 16.8 Å². The second-order valence-electron chi connectivity index (χ2n) is 5.38. The topological polar surface area (TPSA) is 69.0 Å². The normalized spacial score (nSPS) is 10.7. The third kappa shape index (κ3) is 2.88. The zero-order valence-electron chi connectivity index (χ0n) is 13.3. The van der Waals surface area contributed by atoms with Crippen LogP contribution in [0.25, 0.3) is 11.0 Å². The summed E-state index contributed by atoms with van der Waals surface area (Å²) in [6.45, 7) is 4.51. The van der Waals surface area contributed by atoms with E-state index in [4.69, 9.17) is 4.74 Å². The third-order valence-electron chi connectivity index (χ3n) is 3.91. The maximum Gasteiger partial charge on any atom is 0.344 e. The molecule has 0 radical (unpaired) electrons. The van der Waals surface area contributed by atoms with Crippen LogP contribution in [0, 0.1) is 13.8 Å². The molecule has 118 valence electrons. The fourth-order valence-corrected chi connectivity index (χ4v) is 2.54. The molecule has 1 heterocycles. The average molecular weight is 310 g/mol. The molecular formula is C17H18N4O2. The smallest absolute Gasteiger partial charge is 0.344 e. The van der Waals surface area contributed by atoms with Crippen LogP contribution in [0.15, 0.2) is 36.4 Å². The zero-order valence-corrected chi connectivity index (χ0v) is 13.3. The number of ether oxygens (including phenoxy) is 1. The molecule has 0 aliphatic rings. The van der Waals surface area contributed by atoms with E-state index in [2.05, 4.69) is 15.6 Å². The van der Waals surface area contributed by atoms with E-state index in [-0.39, 0.29) is 6.03 Å². The molecule has 1 amide bonds. The summed E-state index contributed by atoms with van der Waals surface area (Å²) in [7, 11) is 1.58. The molecule has 6 nitrogen and oxygen atoms in total. The van der Waals surface area contributed by atoms with E-state index in [0.717, 1.165) is 16.7 Å². The SMILES string of the molecule is COc1ccc2nnn(C(=O)NCc3c(C)cccc3C)c2c1. The Morgan fingerprint density at radius 2 is 1.96 bits per heavy atom. The Kier molecular flexibility index (Phi) is 3.97. The summed E-state index contributed by atoms with van der Waals surface area (Å²) in [6.07, 6.45) is 0. The van der Waals surface area contributed by atoms with Gasteiger partial charge < -0.3 is 10.1 Å². The van der Waals surface area contributed by atoms with E-state index in [9.17, 15) is 4.79 Å². The van der Waals surface area contributed by atoms with E-state index in [1.165, 1.54) is 4.68 Å². The Hall–Kier alpha value is -2.89. The van der Waals surface area contributed by atoms with Crippen LogP contribution >= 0.6 is 0 Å². The summed E-state index contributed by atoms with van der Waals surface area (Å²) in [4.78, 5) is 12.4. The number of nitrogens with zero attached hydrogens (tertiary/aromatic N) is 3. The first-order valence-electron chi connectivity index (χ1n) is 7.33. The molecule has 0 fully saturated rings. The highest BCUT2D eigenvalue weighted by Crippen LogP contribution is 2.18. The highest BCUT2D eigenvalue weighted by molar-refractivity contribution is 5.88. The Labute approximate surface area is 134 Å². The monoisotopic (exact) mass is 310 g/mol. The van der Waals surface area contributed by atoms with Crippen molar-refractivity contribution >= 4 is 17.1 Å². The summed E-state index contributed by atoms with van der Waals surface area (Å²) >= 11 is 0. The minimum atomic E-state index is -0.316. The van der Waals surface area contributed by atoms with Crippen molar-refractivity contribution < 1.29 is 9.53 Å². The van der Waals surface area contributed by atoms with E-state index in [1.807, 2.05) is 32.0 Å². The van der Waals surface area contributed by atoms with Crippen LogP contribution in [0.2, 0.25) is 0 Å². The van der Waals surface area contributed by atoms with Crippen molar-refractivity contribution in [3.8, 4) is 5.75 Å². The van der Waals surface area contributed by atoms with Gasteiger partial charge in [0.25, 0.3) is 0 Å². The molecule has 3 rings (SSSR count). The van der Waals surface area contributed by atoms with Crippen LogP contribution in [-0.2, 0) is 6.54 Å². The summed E-state index contributed by atoms with van der Waals surface area (Å²) in [5, 5.41) is 10.8. The van der Waals surface area contributed by atoms with Gasteiger partial charge in [-0.2, -0.15) is 4.68 Å². The number of carbonyl (C=O) groups excluding carboxylic acids is 1. The van der Waals surface area contributed by atoms with Crippen LogP contribution in [0.1, 0.15) is 16.7 Å². The second-order valence-corrected chi connectivity index (χ2v) is 5.38. The third-order valence-corrected chi connectivity index (χ3v) is 3.91. The molecule has 0 saturated carbocycles. The van der Waals surface area contributed by atoms with Crippen molar-refractivity contribution in [1.82, 2.24) is 20.3 Å². The largest absolute Gasteiger partial charge is 0.497 e. The minimum Gasteiger partial charge on any atom is -0.497 e. The van der Waals surface area contributed by atoms with Gasteiger partial charge in [-0.05, 0) is 42.7 Å². The highest BCUT2D eigenvalue weighted by atomic mass is 16.5. The Balaban J connectivity index is 1.84. The number of methoxy groups -OCH3 is 1. The van der Waals surface area contributed by atoms with Crippen LogP contribution in [-0.4, -0.2) is 28.1 Å². The van der Waals surface area contributed by atoms with Crippen molar-refractivity contribution in [2.24, 2.45) is 0 Å². The fraction of sp³-hybridized carbons (Fsp3) is 0.235. The van der Waals surface area contributed by atoms with Gasteiger partial charge in [-0.3, -0.25) is 0 Å². The molecule has 6 heteroatoms. The second kappa shape index (κ2) is 6.08. The van der Waals surface area contributed by atoms with Gasteiger partial charge >= 0.3 is 6.03 Å². The molecule has 1 aromatic heterocycles. The van der Waals surface area contributed by atoms with E-state index >= 15 is 0 Å². The van der Waals surface area contributed by atoms with Crippen LogP contribution in [0.3, 0.4) is 0 Å². The molecule has 23 heavy (non-hydrogen) atoms. The number of rotatable bonds is 3. The van der Waals surface area contributed by atoms with Crippen LogP contribution < -0.4 is 10.1 Å².